The van der Waals surface area contributed by atoms with Gasteiger partial charge in [0.15, 0.2) is 0 Å². The normalized spacial score (nSPS) is 17.6. The maximum atomic E-state index is 9.51. The van der Waals surface area contributed by atoms with Crippen molar-refractivity contribution in [3.05, 3.63) is 35.4 Å². The van der Waals surface area contributed by atoms with Crippen molar-refractivity contribution in [2.75, 3.05) is 13.2 Å². The number of aliphatic hydroxyl groups is 1. The molecule has 0 heterocycles. The molecule has 0 spiro atoms. The summed E-state index contributed by atoms with van der Waals surface area (Å²) in [6.45, 7) is 1.90. The van der Waals surface area contributed by atoms with E-state index in [9.17, 15) is 5.11 Å². The Hall–Kier alpha value is -1.37. The second kappa shape index (κ2) is 5.99. The van der Waals surface area contributed by atoms with Crippen LogP contribution in [-0.4, -0.2) is 18.3 Å². The molecular weight excluding hydrogens is 224 g/mol. The molecule has 3 nitrogen and oxygen atoms in total. The minimum atomic E-state index is 0.0901. The van der Waals surface area contributed by atoms with Crippen LogP contribution in [0.5, 0.6) is 0 Å². The van der Waals surface area contributed by atoms with E-state index in [1.165, 1.54) is 12.8 Å². The molecule has 0 unspecified atom stereocenters. The molecular formula is C15H20N2O. The van der Waals surface area contributed by atoms with Crippen molar-refractivity contribution < 1.29 is 5.11 Å². The van der Waals surface area contributed by atoms with Crippen LogP contribution in [0.2, 0.25) is 0 Å². The second-order valence-electron chi connectivity index (χ2n) is 5.28. The highest BCUT2D eigenvalue weighted by Crippen LogP contribution is 2.36. The Morgan fingerprint density at radius 2 is 2.11 bits per heavy atom. The minimum absolute atomic E-state index is 0.0901. The Morgan fingerprint density at radius 1 is 1.33 bits per heavy atom. The van der Waals surface area contributed by atoms with E-state index >= 15 is 0 Å². The number of hydrogen-bond acceptors (Lipinski definition) is 3. The summed E-state index contributed by atoms with van der Waals surface area (Å²) in [6, 6.07) is 9.81. The highest BCUT2D eigenvalue weighted by atomic mass is 16.3. The van der Waals surface area contributed by atoms with Crippen LogP contribution in [0.4, 0.5) is 0 Å². The maximum absolute atomic E-state index is 9.51. The number of benzene rings is 1. The third-order valence-corrected chi connectivity index (χ3v) is 3.88. The van der Waals surface area contributed by atoms with Crippen molar-refractivity contribution >= 4 is 0 Å². The van der Waals surface area contributed by atoms with Crippen molar-refractivity contribution in [1.29, 1.82) is 5.26 Å². The number of nitriles is 1. The second-order valence-corrected chi connectivity index (χ2v) is 5.28. The molecule has 1 aliphatic rings. The molecule has 0 amide bonds. The van der Waals surface area contributed by atoms with Crippen LogP contribution in [0.25, 0.3) is 0 Å². The molecule has 1 aromatic carbocycles. The number of hydrogen-bond donors (Lipinski definition) is 2. The average Bonchev–Trinajstić information content (AvgIpc) is 2.88. The van der Waals surface area contributed by atoms with E-state index in [0.29, 0.717) is 5.56 Å². The van der Waals surface area contributed by atoms with Gasteiger partial charge in [-0.3, -0.25) is 0 Å². The summed E-state index contributed by atoms with van der Waals surface area (Å²) in [4.78, 5) is 0. The summed E-state index contributed by atoms with van der Waals surface area (Å²) in [5.41, 5.74) is 1.92. The first-order valence-corrected chi connectivity index (χ1v) is 6.59. The van der Waals surface area contributed by atoms with Crippen molar-refractivity contribution in [1.82, 2.24) is 5.32 Å². The lowest BCUT2D eigenvalue weighted by molar-refractivity contribution is 0.128. The van der Waals surface area contributed by atoms with E-state index in [2.05, 4.69) is 11.4 Å². The lowest BCUT2D eigenvalue weighted by atomic mass is 9.87. The van der Waals surface area contributed by atoms with E-state index in [-0.39, 0.29) is 12.0 Å². The van der Waals surface area contributed by atoms with Crippen molar-refractivity contribution in [2.24, 2.45) is 5.41 Å². The number of nitrogens with zero attached hydrogens (tertiary/aromatic N) is 1. The Balaban J connectivity index is 1.86. The molecule has 1 saturated carbocycles. The largest absolute Gasteiger partial charge is 0.396 e. The van der Waals surface area contributed by atoms with Crippen LogP contribution in [0.1, 0.15) is 36.8 Å². The summed E-state index contributed by atoms with van der Waals surface area (Å²) >= 11 is 0. The van der Waals surface area contributed by atoms with Gasteiger partial charge in [0.1, 0.15) is 0 Å². The van der Waals surface area contributed by atoms with E-state index in [4.69, 9.17) is 5.26 Å². The molecule has 2 rings (SSSR count). The first-order chi connectivity index (χ1) is 8.78. The molecule has 0 saturated heterocycles. The average molecular weight is 244 g/mol. The van der Waals surface area contributed by atoms with Gasteiger partial charge in [-0.25, -0.2) is 0 Å². The number of rotatable bonds is 5. The van der Waals surface area contributed by atoms with E-state index in [1.54, 1.807) is 0 Å². The monoisotopic (exact) mass is 244 g/mol. The first-order valence-electron chi connectivity index (χ1n) is 6.59. The highest BCUT2D eigenvalue weighted by molar-refractivity contribution is 5.32. The van der Waals surface area contributed by atoms with Gasteiger partial charge in [0, 0.05) is 25.1 Å². The van der Waals surface area contributed by atoms with Gasteiger partial charge in [0.05, 0.1) is 11.6 Å². The molecule has 0 bridgehead atoms. The predicted octanol–water partition coefficient (Wildman–Crippen LogP) is 2.20. The zero-order valence-electron chi connectivity index (χ0n) is 10.7. The van der Waals surface area contributed by atoms with Crippen molar-refractivity contribution in [2.45, 2.75) is 32.2 Å². The van der Waals surface area contributed by atoms with Crippen LogP contribution >= 0.6 is 0 Å². The first kappa shape index (κ1) is 13.1. The third-order valence-electron chi connectivity index (χ3n) is 3.88. The van der Waals surface area contributed by atoms with Gasteiger partial charge in [-0.15, -0.1) is 0 Å². The fourth-order valence-corrected chi connectivity index (χ4v) is 2.74. The van der Waals surface area contributed by atoms with Gasteiger partial charge in [-0.1, -0.05) is 25.0 Å². The fourth-order valence-electron chi connectivity index (χ4n) is 2.74. The Morgan fingerprint density at radius 3 is 2.78 bits per heavy atom. The molecule has 1 fully saturated rings. The molecule has 0 aliphatic heterocycles. The molecule has 1 aromatic rings. The fraction of sp³-hybridized carbons (Fsp3) is 0.533. The molecule has 3 heteroatoms. The zero-order chi connectivity index (χ0) is 12.8. The lowest BCUT2D eigenvalue weighted by Gasteiger charge is -2.26. The molecule has 0 radical (unpaired) electrons. The number of nitrogens with one attached hydrogen (secondary N) is 1. The van der Waals surface area contributed by atoms with Gasteiger partial charge in [0.2, 0.25) is 0 Å². The minimum Gasteiger partial charge on any atom is -0.396 e. The Bertz CT molecular complexity index is 430. The smallest absolute Gasteiger partial charge is 0.0991 e. The summed E-state index contributed by atoms with van der Waals surface area (Å²) < 4.78 is 0. The molecule has 2 N–H and O–H groups in total. The van der Waals surface area contributed by atoms with Crippen LogP contribution in [0.15, 0.2) is 24.3 Å². The SMILES string of the molecule is N#Cc1cccc(CNCC2(CO)CCCC2)c1. The number of aliphatic hydroxyl groups excluding tert-OH is 1. The summed E-state index contributed by atoms with van der Waals surface area (Å²) in [5, 5.41) is 21.8. The summed E-state index contributed by atoms with van der Waals surface area (Å²) in [7, 11) is 0. The summed E-state index contributed by atoms with van der Waals surface area (Å²) in [5.74, 6) is 0. The molecule has 0 atom stereocenters. The molecule has 0 aromatic heterocycles. The van der Waals surface area contributed by atoms with E-state index in [0.717, 1.165) is 31.5 Å². The van der Waals surface area contributed by atoms with Crippen LogP contribution in [-0.2, 0) is 6.54 Å². The van der Waals surface area contributed by atoms with E-state index < -0.39 is 0 Å². The van der Waals surface area contributed by atoms with Crippen molar-refractivity contribution in [3.63, 3.8) is 0 Å². The molecule has 96 valence electrons. The topological polar surface area (TPSA) is 56.0 Å². The maximum Gasteiger partial charge on any atom is 0.0991 e. The van der Waals surface area contributed by atoms with Crippen molar-refractivity contribution in [3.8, 4) is 6.07 Å². The highest BCUT2D eigenvalue weighted by Gasteiger charge is 2.32. The summed E-state index contributed by atoms with van der Waals surface area (Å²) in [6.07, 6.45) is 4.70. The molecule has 1 aliphatic carbocycles. The van der Waals surface area contributed by atoms with Crippen LogP contribution < -0.4 is 5.32 Å². The predicted molar refractivity (Wildman–Crippen MR) is 70.9 cm³/mol. The van der Waals surface area contributed by atoms with Crippen LogP contribution in [0.3, 0.4) is 0 Å². The third kappa shape index (κ3) is 3.10. The Kier molecular flexibility index (Phi) is 4.35. The standard InChI is InChI=1S/C15H20N2O/c16-9-13-4-3-5-14(8-13)10-17-11-15(12-18)6-1-2-7-15/h3-5,8,17-18H,1-2,6-7,10-12H2. The molecule has 18 heavy (non-hydrogen) atoms. The van der Waals surface area contributed by atoms with Gasteiger partial charge < -0.3 is 10.4 Å². The van der Waals surface area contributed by atoms with Crippen LogP contribution in [0, 0.1) is 16.7 Å². The van der Waals surface area contributed by atoms with Gasteiger partial charge in [-0.05, 0) is 30.5 Å². The van der Waals surface area contributed by atoms with E-state index in [1.807, 2.05) is 24.3 Å². The van der Waals surface area contributed by atoms with Gasteiger partial charge in [0.25, 0.3) is 0 Å². The quantitative estimate of drug-likeness (QED) is 0.835. The zero-order valence-corrected chi connectivity index (χ0v) is 10.7. The van der Waals surface area contributed by atoms with Gasteiger partial charge in [-0.2, -0.15) is 5.26 Å². The van der Waals surface area contributed by atoms with Gasteiger partial charge >= 0.3 is 0 Å². The Labute approximate surface area is 108 Å². The lowest BCUT2D eigenvalue weighted by Crippen LogP contribution is -2.34.